The molecule has 0 bridgehead atoms. The van der Waals surface area contributed by atoms with Gasteiger partial charge in [-0.15, -0.1) is 0 Å². The van der Waals surface area contributed by atoms with E-state index in [1.807, 2.05) is 0 Å². The van der Waals surface area contributed by atoms with Crippen molar-refractivity contribution in [2.75, 3.05) is 13.7 Å². The molecule has 1 fully saturated rings. The van der Waals surface area contributed by atoms with E-state index >= 15 is 0 Å². The van der Waals surface area contributed by atoms with Gasteiger partial charge in [0.05, 0.1) is 13.7 Å². The maximum atomic E-state index is 11.2. The summed E-state index contributed by atoms with van der Waals surface area (Å²) in [5.74, 6) is 0.800. The lowest BCUT2D eigenvalue weighted by Gasteiger charge is -2.18. The molecule has 2 rings (SSSR count). The third kappa shape index (κ3) is 2.91. The quantitative estimate of drug-likeness (QED) is 0.774. The van der Waals surface area contributed by atoms with Gasteiger partial charge < -0.3 is 19.6 Å². The number of methoxy groups -OCH3 is 1. The third-order valence-corrected chi connectivity index (χ3v) is 3.48. The Hall–Kier alpha value is -1.33. The van der Waals surface area contributed by atoms with E-state index in [1.165, 1.54) is 7.11 Å². The number of aliphatic hydroxyl groups is 1. The second-order valence-corrected chi connectivity index (χ2v) is 4.62. The Balaban J connectivity index is 1.86. The van der Waals surface area contributed by atoms with Gasteiger partial charge in [0, 0.05) is 12.6 Å². The Morgan fingerprint density at radius 3 is 3.11 bits per heavy atom. The molecule has 18 heavy (non-hydrogen) atoms. The maximum Gasteiger partial charge on any atom is 0.373 e. The molecule has 2 atom stereocenters. The van der Waals surface area contributed by atoms with Gasteiger partial charge in [0.2, 0.25) is 5.76 Å². The van der Waals surface area contributed by atoms with Crippen LogP contribution in [0, 0.1) is 5.92 Å². The molecule has 2 unspecified atom stereocenters. The minimum absolute atomic E-state index is 0.222. The molecule has 1 heterocycles. The fourth-order valence-electron chi connectivity index (χ4n) is 2.44. The van der Waals surface area contributed by atoms with Crippen molar-refractivity contribution in [2.45, 2.75) is 31.8 Å². The molecular weight excluding hydrogens is 234 g/mol. The zero-order valence-electron chi connectivity index (χ0n) is 10.5. The van der Waals surface area contributed by atoms with Crippen LogP contribution >= 0.6 is 0 Å². The normalized spacial score (nSPS) is 23.2. The van der Waals surface area contributed by atoms with Crippen molar-refractivity contribution in [3.63, 3.8) is 0 Å². The van der Waals surface area contributed by atoms with E-state index in [0.717, 1.165) is 19.3 Å². The number of hydrogen-bond acceptors (Lipinski definition) is 5. The molecule has 100 valence electrons. The average molecular weight is 253 g/mol. The Morgan fingerprint density at radius 1 is 1.56 bits per heavy atom. The van der Waals surface area contributed by atoms with Gasteiger partial charge in [-0.05, 0) is 30.9 Å². The van der Waals surface area contributed by atoms with E-state index in [2.05, 4.69) is 10.1 Å². The highest BCUT2D eigenvalue weighted by Gasteiger charge is 2.26. The first-order chi connectivity index (χ1) is 8.74. The van der Waals surface area contributed by atoms with Crippen LogP contribution in [0.25, 0.3) is 0 Å². The highest BCUT2D eigenvalue weighted by Crippen LogP contribution is 2.25. The summed E-state index contributed by atoms with van der Waals surface area (Å²) in [6, 6.07) is 3.71. The van der Waals surface area contributed by atoms with Crippen LogP contribution in [0.4, 0.5) is 0 Å². The summed E-state index contributed by atoms with van der Waals surface area (Å²) in [6.45, 7) is 0.793. The van der Waals surface area contributed by atoms with Crippen molar-refractivity contribution >= 4 is 5.97 Å². The van der Waals surface area contributed by atoms with Gasteiger partial charge in [-0.2, -0.15) is 0 Å². The molecule has 0 aliphatic heterocycles. The topological polar surface area (TPSA) is 71.7 Å². The number of rotatable bonds is 5. The lowest BCUT2D eigenvalue weighted by atomic mass is 10.1. The molecule has 0 spiro atoms. The van der Waals surface area contributed by atoms with Crippen LogP contribution in [-0.4, -0.2) is 30.8 Å². The van der Waals surface area contributed by atoms with Crippen molar-refractivity contribution < 1.29 is 19.1 Å². The zero-order valence-corrected chi connectivity index (χ0v) is 10.5. The molecule has 1 aliphatic rings. The molecule has 0 amide bonds. The molecular formula is C13H19NO4. The van der Waals surface area contributed by atoms with E-state index in [-0.39, 0.29) is 12.4 Å². The second kappa shape index (κ2) is 6.02. The SMILES string of the molecule is COC(=O)c1ccc(CNC2CCCC2CO)o1. The largest absolute Gasteiger partial charge is 0.463 e. The summed E-state index contributed by atoms with van der Waals surface area (Å²) in [7, 11) is 1.33. The van der Waals surface area contributed by atoms with Crippen LogP contribution in [0.15, 0.2) is 16.5 Å². The molecule has 1 aromatic heterocycles. The minimum atomic E-state index is -0.463. The highest BCUT2D eigenvalue weighted by atomic mass is 16.5. The molecule has 1 aromatic rings. The van der Waals surface area contributed by atoms with Crippen LogP contribution in [0.1, 0.15) is 35.6 Å². The fraction of sp³-hybridized carbons (Fsp3) is 0.615. The molecule has 0 radical (unpaired) electrons. The molecule has 1 aliphatic carbocycles. The predicted molar refractivity (Wildman–Crippen MR) is 65.1 cm³/mol. The van der Waals surface area contributed by atoms with Crippen LogP contribution in [-0.2, 0) is 11.3 Å². The van der Waals surface area contributed by atoms with Crippen LogP contribution in [0.5, 0.6) is 0 Å². The average Bonchev–Trinajstić information content (AvgIpc) is 3.03. The first kappa shape index (κ1) is 13.1. The van der Waals surface area contributed by atoms with Gasteiger partial charge in [0.15, 0.2) is 0 Å². The van der Waals surface area contributed by atoms with Crippen LogP contribution < -0.4 is 5.32 Å². The number of nitrogens with one attached hydrogen (secondary N) is 1. The number of furan rings is 1. The van der Waals surface area contributed by atoms with Crippen molar-refractivity contribution in [1.82, 2.24) is 5.32 Å². The van der Waals surface area contributed by atoms with E-state index in [4.69, 9.17) is 4.42 Å². The van der Waals surface area contributed by atoms with E-state index in [9.17, 15) is 9.90 Å². The monoisotopic (exact) mass is 253 g/mol. The standard InChI is InChI=1S/C13H19NO4/c1-17-13(16)12-6-5-10(18-12)7-14-11-4-2-3-9(11)8-15/h5-6,9,11,14-15H,2-4,7-8H2,1H3. The smallest absolute Gasteiger partial charge is 0.373 e. The molecule has 2 N–H and O–H groups in total. The zero-order chi connectivity index (χ0) is 13.0. The van der Waals surface area contributed by atoms with Crippen molar-refractivity contribution in [3.05, 3.63) is 23.7 Å². The Labute approximate surface area is 106 Å². The van der Waals surface area contributed by atoms with Gasteiger partial charge in [0.1, 0.15) is 5.76 Å². The summed E-state index contributed by atoms with van der Waals surface area (Å²) >= 11 is 0. The molecule has 5 nitrogen and oxygen atoms in total. The highest BCUT2D eigenvalue weighted by molar-refractivity contribution is 5.86. The minimum Gasteiger partial charge on any atom is -0.463 e. The van der Waals surface area contributed by atoms with Crippen LogP contribution in [0.2, 0.25) is 0 Å². The van der Waals surface area contributed by atoms with Crippen molar-refractivity contribution in [3.8, 4) is 0 Å². The number of aliphatic hydroxyl groups excluding tert-OH is 1. The first-order valence-corrected chi connectivity index (χ1v) is 6.26. The maximum absolute atomic E-state index is 11.2. The summed E-state index contributed by atoms with van der Waals surface area (Å²) in [4.78, 5) is 11.2. The molecule has 0 saturated heterocycles. The lowest BCUT2D eigenvalue weighted by molar-refractivity contribution is 0.0562. The summed E-state index contributed by atoms with van der Waals surface area (Å²) in [5, 5.41) is 12.6. The van der Waals surface area contributed by atoms with Gasteiger partial charge >= 0.3 is 5.97 Å². The van der Waals surface area contributed by atoms with E-state index in [1.54, 1.807) is 12.1 Å². The fourth-order valence-corrected chi connectivity index (χ4v) is 2.44. The lowest BCUT2D eigenvalue weighted by Crippen LogP contribution is -2.33. The van der Waals surface area contributed by atoms with E-state index in [0.29, 0.717) is 24.3 Å². The summed E-state index contributed by atoms with van der Waals surface area (Å²) < 4.78 is 9.94. The Morgan fingerprint density at radius 2 is 2.39 bits per heavy atom. The van der Waals surface area contributed by atoms with Crippen molar-refractivity contribution in [2.24, 2.45) is 5.92 Å². The second-order valence-electron chi connectivity index (χ2n) is 4.62. The Kier molecular flexibility index (Phi) is 4.38. The van der Waals surface area contributed by atoms with Gasteiger partial charge in [-0.1, -0.05) is 6.42 Å². The van der Waals surface area contributed by atoms with Crippen molar-refractivity contribution in [1.29, 1.82) is 0 Å². The molecule has 0 aromatic carbocycles. The van der Waals surface area contributed by atoms with Crippen LogP contribution in [0.3, 0.4) is 0 Å². The summed E-state index contributed by atoms with van der Waals surface area (Å²) in [5.41, 5.74) is 0. The summed E-state index contributed by atoms with van der Waals surface area (Å²) in [6.07, 6.45) is 3.30. The van der Waals surface area contributed by atoms with E-state index < -0.39 is 5.97 Å². The predicted octanol–water partition coefficient (Wildman–Crippen LogP) is 1.32. The van der Waals surface area contributed by atoms with Gasteiger partial charge in [-0.25, -0.2) is 4.79 Å². The number of carbonyl (C=O) groups is 1. The molecule has 1 saturated carbocycles. The number of hydrogen-bond donors (Lipinski definition) is 2. The number of carbonyl (C=O) groups excluding carboxylic acids is 1. The first-order valence-electron chi connectivity index (χ1n) is 6.26. The Bertz CT molecular complexity index is 401. The van der Waals surface area contributed by atoms with Gasteiger partial charge in [-0.3, -0.25) is 0 Å². The number of esters is 1. The number of ether oxygens (including phenoxy) is 1. The molecule has 5 heteroatoms. The third-order valence-electron chi connectivity index (χ3n) is 3.48. The van der Waals surface area contributed by atoms with Gasteiger partial charge in [0.25, 0.3) is 0 Å².